The zero-order valence-corrected chi connectivity index (χ0v) is 11.2. The molecule has 0 amide bonds. The van der Waals surface area contributed by atoms with Gasteiger partial charge in [-0.2, -0.15) is 0 Å². The second-order valence-corrected chi connectivity index (χ2v) is 6.67. The Morgan fingerprint density at radius 2 is 1.88 bits per heavy atom. The monoisotopic (exact) mass is 234 g/mol. The van der Waals surface area contributed by atoms with Gasteiger partial charge in [-0.1, -0.05) is 62.9 Å². The molecule has 0 unspecified atom stereocenters. The average Bonchev–Trinajstić information content (AvgIpc) is 2.99. The van der Waals surface area contributed by atoms with Crippen LogP contribution in [0.25, 0.3) is 0 Å². The predicted molar refractivity (Wildman–Crippen MR) is 73.9 cm³/mol. The Morgan fingerprint density at radius 3 is 2.56 bits per heavy atom. The van der Waals surface area contributed by atoms with Gasteiger partial charge in [-0.3, -0.25) is 0 Å². The van der Waals surface area contributed by atoms with Gasteiger partial charge in [-0.15, -0.1) is 11.8 Å². The normalized spacial score (nSPS) is 28.0. The van der Waals surface area contributed by atoms with Crippen LogP contribution in [-0.4, -0.2) is 4.75 Å². The second kappa shape index (κ2) is 5.27. The van der Waals surface area contributed by atoms with E-state index in [4.69, 9.17) is 0 Å². The molecule has 0 saturated carbocycles. The summed E-state index contributed by atoms with van der Waals surface area (Å²) in [6.45, 7) is 4.71. The number of hydrogen-bond acceptors (Lipinski definition) is 1. The van der Waals surface area contributed by atoms with Crippen LogP contribution in [0.4, 0.5) is 0 Å². The van der Waals surface area contributed by atoms with Crippen molar-refractivity contribution < 1.29 is 0 Å². The third-order valence-corrected chi connectivity index (χ3v) is 5.27. The zero-order valence-electron chi connectivity index (χ0n) is 10.4. The second-order valence-electron chi connectivity index (χ2n) is 5.03. The summed E-state index contributed by atoms with van der Waals surface area (Å²) < 4.78 is 0.537. The summed E-state index contributed by atoms with van der Waals surface area (Å²) in [5.41, 5.74) is 1.52. The fraction of sp³-hybridized carbons (Fsp3) is 0.600. The number of hydrogen-bond donors (Lipinski definition) is 0. The highest BCUT2D eigenvalue weighted by molar-refractivity contribution is 8.08. The summed E-state index contributed by atoms with van der Waals surface area (Å²) in [6.07, 6.45) is 6.94. The standard InChI is InChI=1S/C15H22S/c1-3-4-5-9-12-15(2)14(16-15)13-10-7-6-8-11-13/h6-8,10-11,14H,3-5,9,12H2,1-2H3/t14-,15-/m1/s1. The lowest BCUT2D eigenvalue weighted by atomic mass is 9.95. The lowest BCUT2D eigenvalue weighted by molar-refractivity contribution is 0.564. The van der Waals surface area contributed by atoms with Gasteiger partial charge >= 0.3 is 0 Å². The molecule has 1 aromatic rings. The molecule has 88 valence electrons. The highest BCUT2D eigenvalue weighted by Gasteiger charge is 2.51. The van der Waals surface area contributed by atoms with E-state index in [1.165, 1.54) is 37.7 Å². The third kappa shape index (κ3) is 2.82. The molecule has 1 saturated heterocycles. The molecule has 1 fully saturated rings. The van der Waals surface area contributed by atoms with Crippen molar-refractivity contribution in [3.63, 3.8) is 0 Å². The maximum Gasteiger partial charge on any atom is 0.0447 e. The average molecular weight is 234 g/mol. The van der Waals surface area contributed by atoms with Gasteiger partial charge in [0, 0.05) is 10.00 Å². The van der Waals surface area contributed by atoms with E-state index in [0.717, 1.165) is 5.25 Å². The molecule has 16 heavy (non-hydrogen) atoms. The molecule has 0 nitrogen and oxygen atoms in total. The van der Waals surface area contributed by atoms with Crippen LogP contribution in [0.1, 0.15) is 56.8 Å². The summed E-state index contributed by atoms with van der Waals surface area (Å²) in [5.74, 6) is 0. The van der Waals surface area contributed by atoms with E-state index in [9.17, 15) is 0 Å². The maximum atomic E-state index is 2.43. The van der Waals surface area contributed by atoms with Gasteiger partial charge in [-0.25, -0.2) is 0 Å². The summed E-state index contributed by atoms with van der Waals surface area (Å²) in [4.78, 5) is 0. The molecule has 0 radical (unpaired) electrons. The van der Waals surface area contributed by atoms with E-state index in [2.05, 4.69) is 55.9 Å². The van der Waals surface area contributed by atoms with Crippen LogP contribution in [0.5, 0.6) is 0 Å². The Kier molecular flexibility index (Phi) is 3.96. The molecule has 2 atom stereocenters. The van der Waals surface area contributed by atoms with Crippen LogP contribution < -0.4 is 0 Å². The van der Waals surface area contributed by atoms with E-state index < -0.39 is 0 Å². The Balaban J connectivity index is 1.80. The minimum Gasteiger partial charge on any atom is -0.144 e. The lowest BCUT2D eigenvalue weighted by Gasteiger charge is -2.08. The number of thioether (sulfide) groups is 1. The van der Waals surface area contributed by atoms with Gasteiger partial charge in [0.25, 0.3) is 0 Å². The topological polar surface area (TPSA) is 0 Å². The number of unbranched alkanes of at least 4 members (excludes halogenated alkanes) is 3. The number of benzene rings is 1. The van der Waals surface area contributed by atoms with Gasteiger partial charge < -0.3 is 0 Å². The van der Waals surface area contributed by atoms with E-state index in [1.54, 1.807) is 0 Å². The minimum atomic E-state index is 0.537. The van der Waals surface area contributed by atoms with Crippen molar-refractivity contribution in [3.8, 4) is 0 Å². The minimum absolute atomic E-state index is 0.537. The Morgan fingerprint density at radius 1 is 1.12 bits per heavy atom. The first kappa shape index (κ1) is 12.0. The van der Waals surface area contributed by atoms with Gasteiger partial charge in [0.05, 0.1) is 0 Å². The Hall–Kier alpha value is -0.430. The first-order valence-electron chi connectivity index (χ1n) is 6.49. The van der Waals surface area contributed by atoms with Crippen LogP contribution >= 0.6 is 11.8 Å². The molecule has 1 heteroatoms. The van der Waals surface area contributed by atoms with Gasteiger partial charge in [0.15, 0.2) is 0 Å². The van der Waals surface area contributed by atoms with Crippen LogP contribution in [0.3, 0.4) is 0 Å². The molecule has 1 aliphatic rings. The van der Waals surface area contributed by atoms with Gasteiger partial charge in [0.1, 0.15) is 0 Å². The zero-order chi connectivity index (χ0) is 11.4. The van der Waals surface area contributed by atoms with Crippen LogP contribution in [0.15, 0.2) is 30.3 Å². The number of rotatable bonds is 6. The van der Waals surface area contributed by atoms with Crippen molar-refractivity contribution in [1.82, 2.24) is 0 Å². The molecule has 2 rings (SSSR count). The molecule has 1 aromatic carbocycles. The van der Waals surface area contributed by atoms with Crippen molar-refractivity contribution in [2.45, 2.75) is 55.9 Å². The van der Waals surface area contributed by atoms with Crippen molar-refractivity contribution >= 4 is 11.8 Å². The van der Waals surface area contributed by atoms with Crippen LogP contribution in [-0.2, 0) is 0 Å². The van der Waals surface area contributed by atoms with E-state index in [0.29, 0.717) is 4.75 Å². The Bertz CT molecular complexity index is 319. The first-order valence-corrected chi connectivity index (χ1v) is 7.37. The molecule has 0 aromatic heterocycles. The van der Waals surface area contributed by atoms with Crippen molar-refractivity contribution in [2.24, 2.45) is 0 Å². The van der Waals surface area contributed by atoms with E-state index >= 15 is 0 Å². The summed E-state index contributed by atoms with van der Waals surface area (Å²) in [5, 5.41) is 0.760. The van der Waals surface area contributed by atoms with Crippen LogP contribution in [0.2, 0.25) is 0 Å². The van der Waals surface area contributed by atoms with Gasteiger partial charge in [-0.05, 0) is 18.9 Å². The molecule has 0 bridgehead atoms. The summed E-state index contributed by atoms with van der Waals surface area (Å²) in [6, 6.07) is 11.0. The molecular weight excluding hydrogens is 212 g/mol. The van der Waals surface area contributed by atoms with E-state index in [1.807, 2.05) is 0 Å². The highest BCUT2D eigenvalue weighted by atomic mass is 32.2. The maximum absolute atomic E-state index is 2.43. The molecule has 0 N–H and O–H groups in total. The van der Waals surface area contributed by atoms with Crippen molar-refractivity contribution in [3.05, 3.63) is 35.9 Å². The third-order valence-electron chi connectivity index (χ3n) is 3.51. The smallest absolute Gasteiger partial charge is 0.0447 e. The molecule has 0 aliphatic carbocycles. The van der Waals surface area contributed by atoms with E-state index in [-0.39, 0.29) is 0 Å². The largest absolute Gasteiger partial charge is 0.144 e. The first-order chi connectivity index (χ1) is 7.76. The van der Waals surface area contributed by atoms with Gasteiger partial charge in [0.2, 0.25) is 0 Å². The predicted octanol–water partition coefficient (Wildman–Crippen LogP) is 5.20. The summed E-state index contributed by atoms with van der Waals surface area (Å²) in [7, 11) is 0. The molecular formula is C15H22S. The fourth-order valence-corrected chi connectivity index (χ4v) is 3.66. The fourth-order valence-electron chi connectivity index (χ4n) is 2.38. The molecule has 1 aliphatic heterocycles. The lowest BCUT2D eigenvalue weighted by Crippen LogP contribution is -2.04. The molecule has 0 spiro atoms. The van der Waals surface area contributed by atoms with Crippen molar-refractivity contribution in [1.29, 1.82) is 0 Å². The quantitative estimate of drug-likeness (QED) is 0.481. The SMILES string of the molecule is CCCCCC[C@@]1(C)S[C@@H]1c1ccccc1. The Labute approximate surface area is 104 Å². The highest BCUT2D eigenvalue weighted by Crippen LogP contribution is 2.66. The summed E-state index contributed by atoms with van der Waals surface area (Å²) >= 11 is 2.15. The molecule has 1 heterocycles. The van der Waals surface area contributed by atoms with Crippen molar-refractivity contribution in [2.75, 3.05) is 0 Å². The van der Waals surface area contributed by atoms with Crippen LogP contribution in [0, 0.1) is 0 Å².